The van der Waals surface area contributed by atoms with E-state index < -0.39 is 17.7 Å². The van der Waals surface area contributed by atoms with Gasteiger partial charge in [-0.25, -0.2) is 9.37 Å². The molecule has 1 aromatic heterocycles. The van der Waals surface area contributed by atoms with Crippen molar-refractivity contribution in [2.45, 2.75) is 13.3 Å². The number of nitrogens with one attached hydrogen (secondary N) is 1. The van der Waals surface area contributed by atoms with Crippen LogP contribution in [-0.2, 0) is 0 Å². The fraction of sp³-hybridized carbons (Fsp3) is 0.455. The molecule has 0 bridgehead atoms. The SMILES string of the molecule is CC(CCO)CNC(=O)c1ccnc(F)c1F. The molecule has 17 heavy (non-hydrogen) atoms. The highest BCUT2D eigenvalue weighted by atomic mass is 19.2. The second-order valence-corrected chi connectivity index (χ2v) is 3.79. The summed E-state index contributed by atoms with van der Waals surface area (Å²) in [6, 6.07) is 1.12. The number of aliphatic hydroxyl groups excluding tert-OH is 1. The fourth-order valence-electron chi connectivity index (χ4n) is 1.28. The molecule has 0 fully saturated rings. The maximum atomic E-state index is 13.2. The third-order valence-corrected chi connectivity index (χ3v) is 2.32. The number of carbonyl (C=O) groups is 1. The Morgan fingerprint density at radius 3 is 2.94 bits per heavy atom. The van der Waals surface area contributed by atoms with E-state index in [0.29, 0.717) is 13.0 Å². The highest BCUT2D eigenvalue weighted by molar-refractivity contribution is 5.94. The number of nitrogens with zero attached hydrogens (tertiary/aromatic N) is 1. The summed E-state index contributed by atoms with van der Waals surface area (Å²) in [6.45, 7) is 2.15. The number of carbonyl (C=O) groups excluding carboxylic acids is 1. The van der Waals surface area contributed by atoms with Crippen molar-refractivity contribution in [3.63, 3.8) is 0 Å². The van der Waals surface area contributed by atoms with Crippen LogP contribution in [0.4, 0.5) is 8.78 Å². The zero-order valence-corrected chi connectivity index (χ0v) is 9.41. The topological polar surface area (TPSA) is 62.2 Å². The van der Waals surface area contributed by atoms with Crippen LogP contribution < -0.4 is 5.32 Å². The van der Waals surface area contributed by atoms with E-state index in [1.807, 2.05) is 6.92 Å². The van der Waals surface area contributed by atoms with Crippen LogP contribution in [0.3, 0.4) is 0 Å². The van der Waals surface area contributed by atoms with E-state index in [1.54, 1.807) is 0 Å². The molecule has 1 atom stereocenters. The Morgan fingerprint density at radius 1 is 1.59 bits per heavy atom. The van der Waals surface area contributed by atoms with Crippen molar-refractivity contribution in [2.24, 2.45) is 5.92 Å². The number of pyridine rings is 1. The van der Waals surface area contributed by atoms with Crippen molar-refractivity contribution in [2.75, 3.05) is 13.2 Å². The summed E-state index contributed by atoms with van der Waals surface area (Å²) < 4.78 is 25.9. The first kappa shape index (κ1) is 13.5. The third-order valence-electron chi connectivity index (χ3n) is 2.32. The average molecular weight is 244 g/mol. The monoisotopic (exact) mass is 244 g/mol. The van der Waals surface area contributed by atoms with Gasteiger partial charge in [-0.05, 0) is 18.4 Å². The van der Waals surface area contributed by atoms with E-state index >= 15 is 0 Å². The van der Waals surface area contributed by atoms with E-state index in [9.17, 15) is 13.6 Å². The largest absolute Gasteiger partial charge is 0.396 e. The molecule has 1 heterocycles. The van der Waals surface area contributed by atoms with Gasteiger partial charge in [0.2, 0.25) is 5.95 Å². The minimum absolute atomic E-state index is 0.0231. The average Bonchev–Trinajstić information content (AvgIpc) is 2.30. The van der Waals surface area contributed by atoms with Crippen LogP contribution in [0.2, 0.25) is 0 Å². The van der Waals surface area contributed by atoms with Crippen LogP contribution in [0, 0.1) is 17.7 Å². The Labute approximate surface area is 97.7 Å². The van der Waals surface area contributed by atoms with Crippen molar-refractivity contribution in [3.8, 4) is 0 Å². The lowest BCUT2D eigenvalue weighted by atomic mass is 10.1. The summed E-state index contributed by atoms with van der Waals surface area (Å²) in [6.07, 6.45) is 1.57. The van der Waals surface area contributed by atoms with Gasteiger partial charge in [-0.2, -0.15) is 4.39 Å². The Bertz CT molecular complexity index is 399. The molecule has 1 unspecified atom stereocenters. The van der Waals surface area contributed by atoms with Crippen LogP contribution >= 0.6 is 0 Å². The van der Waals surface area contributed by atoms with Gasteiger partial charge in [0, 0.05) is 19.3 Å². The number of rotatable bonds is 5. The molecule has 0 spiro atoms. The number of amides is 1. The Kier molecular flexibility index (Phi) is 4.96. The molecule has 0 aliphatic heterocycles. The van der Waals surface area contributed by atoms with E-state index in [-0.39, 0.29) is 18.1 Å². The highest BCUT2D eigenvalue weighted by Crippen LogP contribution is 2.09. The first-order chi connectivity index (χ1) is 8.06. The van der Waals surface area contributed by atoms with Crippen molar-refractivity contribution >= 4 is 5.91 Å². The molecule has 0 aromatic carbocycles. The van der Waals surface area contributed by atoms with Gasteiger partial charge >= 0.3 is 0 Å². The lowest BCUT2D eigenvalue weighted by molar-refractivity contribution is 0.0940. The summed E-state index contributed by atoms with van der Waals surface area (Å²) in [4.78, 5) is 14.6. The summed E-state index contributed by atoms with van der Waals surface area (Å²) in [5, 5.41) is 11.1. The van der Waals surface area contributed by atoms with Gasteiger partial charge in [-0.1, -0.05) is 6.92 Å². The van der Waals surface area contributed by atoms with Crippen molar-refractivity contribution in [3.05, 3.63) is 29.6 Å². The Hall–Kier alpha value is -1.56. The zero-order valence-electron chi connectivity index (χ0n) is 9.41. The summed E-state index contributed by atoms with van der Waals surface area (Å²) >= 11 is 0. The lowest BCUT2D eigenvalue weighted by Gasteiger charge is -2.11. The molecule has 4 nitrogen and oxygen atoms in total. The molecule has 0 saturated carbocycles. The molecule has 1 rings (SSSR count). The number of halogens is 2. The second kappa shape index (κ2) is 6.24. The number of aromatic nitrogens is 1. The summed E-state index contributed by atoms with van der Waals surface area (Å²) in [5.74, 6) is -3.16. The molecule has 1 amide bonds. The normalized spacial score (nSPS) is 12.2. The molecule has 0 radical (unpaired) electrons. The van der Waals surface area contributed by atoms with Crippen LogP contribution in [0.5, 0.6) is 0 Å². The van der Waals surface area contributed by atoms with Crippen LogP contribution in [0.1, 0.15) is 23.7 Å². The lowest BCUT2D eigenvalue weighted by Crippen LogP contribution is -2.29. The maximum absolute atomic E-state index is 13.2. The second-order valence-electron chi connectivity index (χ2n) is 3.79. The van der Waals surface area contributed by atoms with E-state index in [0.717, 1.165) is 12.3 Å². The van der Waals surface area contributed by atoms with E-state index in [1.165, 1.54) is 0 Å². The quantitative estimate of drug-likeness (QED) is 0.763. The van der Waals surface area contributed by atoms with Gasteiger partial charge in [-0.3, -0.25) is 4.79 Å². The van der Waals surface area contributed by atoms with Gasteiger partial charge in [0.1, 0.15) is 0 Å². The van der Waals surface area contributed by atoms with E-state index in [4.69, 9.17) is 5.11 Å². The molecule has 0 aliphatic carbocycles. The van der Waals surface area contributed by atoms with Gasteiger partial charge in [0.05, 0.1) is 5.56 Å². The molecule has 6 heteroatoms. The number of aliphatic hydroxyl groups is 1. The predicted octanol–water partition coefficient (Wildman–Crippen LogP) is 1.11. The first-order valence-corrected chi connectivity index (χ1v) is 5.25. The molecule has 94 valence electrons. The predicted molar refractivity (Wildman–Crippen MR) is 57.4 cm³/mol. The minimum Gasteiger partial charge on any atom is -0.396 e. The van der Waals surface area contributed by atoms with Crippen LogP contribution in [0.25, 0.3) is 0 Å². The van der Waals surface area contributed by atoms with Crippen LogP contribution in [0.15, 0.2) is 12.3 Å². The standard InChI is InChI=1S/C11H14F2N2O2/c1-7(3-5-16)6-15-11(17)8-2-4-14-10(13)9(8)12/h2,4,7,16H,3,5-6H2,1H3,(H,15,17). The maximum Gasteiger partial charge on any atom is 0.254 e. The van der Waals surface area contributed by atoms with Crippen molar-refractivity contribution in [1.82, 2.24) is 10.3 Å². The third kappa shape index (κ3) is 3.74. The molecule has 1 aromatic rings. The molecular weight excluding hydrogens is 230 g/mol. The smallest absolute Gasteiger partial charge is 0.254 e. The molecular formula is C11H14F2N2O2. The van der Waals surface area contributed by atoms with Crippen LogP contribution in [-0.4, -0.2) is 29.1 Å². The van der Waals surface area contributed by atoms with Gasteiger partial charge < -0.3 is 10.4 Å². The Balaban J connectivity index is 2.61. The highest BCUT2D eigenvalue weighted by Gasteiger charge is 2.16. The van der Waals surface area contributed by atoms with Crippen molar-refractivity contribution < 1.29 is 18.7 Å². The molecule has 0 saturated heterocycles. The molecule has 0 aliphatic rings. The van der Waals surface area contributed by atoms with Gasteiger partial charge in [-0.15, -0.1) is 0 Å². The first-order valence-electron chi connectivity index (χ1n) is 5.25. The summed E-state index contributed by atoms with van der Waals surface area (Å²) in [7, 11) is 0. The molecule has 2 N–H and O–H groups in total. The fourth-order valence-corrected chi connectivity index (χ4v) is 1.28. The summed E-state index contributed by atoms with van der Waals surface area (Å²) in [5.41, 5.74) is -0.367. The van der Waals surface area contributed by atoms with Gasteiger partial charge in [0.25, 0.3) is 5.91 Å². The Morgan fingerprint density at radius 2 is 2.29 bits per heavy atom. The zero-order chi connectivity index (χ0) is 12.8. The minimum atomic E-state index is -1.29. The van der Waals surface area contributed by atoms with E-state index in [2.05, 4.69) is 10.3 Å². The van der Waals surface area contributed by atoms with Gasteiger partial charge in [0.15, 0.2) is 5.82 Å². The van der Waals surface area contributed by atoms with Crippen molar-refractivity contribution in [1.29, 1.82) is 0 Å². The number of hydrogen-bond donors (Lipinski definition) is 2. The number of hydrogen-bond acceptors (Lipinski definition) is 3.